The minimum atomic E-state index is 0.599. The zero-order valence-electron chi connectivity index (χ0n) is 21.0. The zero-order valence-corrected chi connectivity index (χ0v) is 21.0. The van der Waals surface area contributed by atoms with Gasteiger partial charge in [0.2, 0.25) is 0 Å². The minimum Gasteiger partial charge on any atom is -0.0654 e. The van der Waals surface area contributed by atoms with E-state index in [1.165, 1.54) is 94.6 Å². The summed E-state index contributed by atoms with van der Waals surface area (Å²) >= 11 is 0. The van der Waals surface area contributed by atoms with Crippen LogP contribution in [0.15, 0.2) is 48.5 Å². The van der Waals surface area contributed by atoms with Crippen molar-refractivity contribution in [2.24, 2.45) is 11.3 Å². The van der Waals surface area contributed by atoms with Crippen molar-refractivity contribution in [1.82, 2.24) is 0 Å². The van der Waals surface area contributed by atoms with Gasteiger partial charge in [0.25, 0.3) is 0 Å². The van der Waals surface area contributed by atoms with E-state index in [4.69, 9.17) is 0 Å². The van der Waals surface area contributed by atoms with E-state index >= 15 is 0 Å². The molecule has 174 valence electrons. The molecule has 2 aliphatic carbocycles. The van der Waals surface area contributed by atoms with Crippen LogP contribution in [0, 0.1) is 11.3 Å². The Bertz CT molecular complexity index is 796. The zero-order chi connectivity index (χ0) is 22.4. The van der Waals surface area contributed by atoms with E-state index in [2.05, 4.69) is 69.3 Å². The number of hydrogen-bond acceptors (Lipinski definition) is 0. The fraction of sp³-hybridized carbons (Fsp3) is 0.625. The van der Waals surface area contributed by atoms with Crippen LogP contribution < -0.4 is 0 Å². The van der Waals surface area contributed by atoms with Gasteiger partial charge in [0.05, 0.1) is 0 Å². The molecule has 0 saturated heterocycles. The van der Waals surface area contributed by atoms with Crippen molar-refractivity contribution >= 4 is 0 Å². The predicted molar refractivity (Wildman–Crippen MR) is 140 cm³/mol. The average molecular weight is 431 g/mol. The maximum Gasteiger partial charge on any atom is -0.0162 e. The van der Waals surface area contributed by atoms with E-state index < -0.39 is 0 Å². The van der Waals surface area contributed by atoms with Gasteiger partial charge in [0.1, 0.15) is 0 Å². The van der Waals surface area contributed by atoms with Crippen LogP contribution in [-0.4, -0.2) is 0 Å². The molecule has 0 nitrogen and oxygen atoms in total. The molecule has 0 bridgehead atoms. The molecule has 2 aliphatic rings. The van der Waals surface area contributed by atoms with Crippen molar-refractivity contribution in [3.63, 3.8) is 0 Å². The lowest BCUT2D eigenvalue weighted by Crippen LogP contribution is -2.23. The van der Waals surface area contributed by atoms with E-state index in [0.29, 0.717) is 5.41 Å². The number of benzene rings is 2. The molecule has 2 saturated carbocycles. The van der Waals surface area contributed by atoms with Gasteiger partial charge in [0, 0.05) is 0 Å². The summed E-state index contributed by atoms with van der Waals surface area (Å²) in [4.78, 5) is 0. The Balaban J connectivity index is 1.32. The monoisotopic (exact) mass is 430 g/mol. The number of unbranched alkanes of at least 4 members (excludes halogenated alkanes) is 1. The van der Waals surface area contributed by atoms with Crippen LogP contribution in [-0.2, 0) is 0 Å². The Hall–Kier alpha value is -1.56. The quantitative estimate of drug-likeness (QED) is 0.390. The summed E-state index contributed by atoms with van der Waals surface area (Å²) in [7, 11) is 0. The van der Waals surface area contributed by atoms with Gasteiger partial charge in [-0.15, -0.1) is 0 Å². The molecule has 0 atom stereocenters. The average Bonchev–Trinajstić information content (AvgIpc) is 2.84. The van der Waals surface area contributed by atoms with Gasteiger partial charge in [-0.2, -0.15) is 0 Å². The minimum absolute atomic E-state index is 0.599. The largest absolute Gasteiger partial charge is 0.0654 e. The molecular formula is C32H46. The Kier molecular flexibility index (Phi) is 8.14. The lowest BCUT2D eigenvalue weighted by molar-refractivity contribution is 0.182. The van der Waals surface area contributed by atoms with E-state index in [1.54, 1.807) is 11.1 Å². The normalized spacial score (nSPS) is 28.5. The van der Waals surface area contributed by atoms with Gasteiger partial charge in [-0.25, -0.2) is 0 Å². The molecule has 0 amide bonds. The molecule has 0 aromatic heterocycles. The van der Waals surface area contributed by atoms with Crippen LogP contribution in [0.25, 0.3) is 11.1 Å². The van der Waals surface area contributed by atoms with Crippen LogP contribution in [0.3, 0.4) is 0 Å². The summed E-state index contributed by atoms with van der Waals surface area (Å²) in [5.74, 6) is 2.55. The van der Waals surface area contributed by atoms with Crippen molar-refractivity contribution in [3.05, 3.63) is 59.7 Å². The molecule has 2 aromatic rings. The van der Waals surface area contributed by atoms with Crippen LogP contribution in [0.2, 0.25) is 0 Å². The Morgan fingerprint density at radius 1 is 0.656 bits per heavy atom. The third-order valence-corrected chi connectivity index (χ3v) is 8.96. The fourth-order valence-electron chi connectivity index (χ4n) is 6.67. The molecule has 2 aromatic carbocycles. The van der Waals surface area contributed by atoms with Gasteiger partial charge in [-0.05, 0) is 103 Å². The first-order valence-electron chi connectivity index (χ1n) is 13.8. The summed E-state index contributed by atoms with van der Waals surface area (Å²) in [6, 6.07) is 19.1. The van der Waals surface area contributed by atoms with Gasteiger partial charge in [-0.3, -0.25) is 0 Å². The number of hydrogen-bond donors (Lipinski definition) is 0. The van der Waals surface area contributed by atoms with Crippen molar-refractivity contribution in [2.45, 2.75) is 116 Å². The van der Waals surface area contributed by atoms with Gasteiger partial charge >= 0.3 is 0 Å². The van der Waals surface area contributed by atoms with Crippen molar-refractivity contribution in [1.29, 1.82) is 0 Å². The second kappa shape index (κ2) is 11.0. The highest BCUT2D eigenvalue weighted by atomic mass is 14.4. The topological polar surface area (TPSA) is 0 Å². The highest BCUT2D eigenvalue weighted by Gasteiger charge is 2.30. The Morgan fingerprint density at radius 3 is 1.62 bits per heavy atom. The van der Waals surface area contributed by atoms with Crippen molar-refractivity contribution in [3.8, 4) is 11.1 Å². The molecule has 0 radical (unpaired) electrons. The van der Waals surface area contributed by atoms with E-state index in [9.17, 15) is 0 Å². The first kappa shape index (κ1) is 23.6. The summed E-state index contributed by atoms with van der Waals surface area (Å²) in [5, 5.41) is 0. The molecule has 4 rings (SSSR count). The summed E-state index contributed by atoms with van der Waals surface area (Å²) in [6.07, 6.45) is 18.1. The SMILES string of the molecule is CCCCC1CCC(c2ccc(-c3ccc(C4CCC(C)(CCC)CC4)cc3)cc2)CC1. The second-order valence-electron chi connectivity index (χ2n) is 11.4. The number of rotatable bonds is 8. The molecular weight excluding hydrogens is 384 g/mol. The third kappa shape index (κ3) is 5.86. The lowest BCUT2D eigenvalue weighted by atomic mass is 9.68. The van der Waals surface area contributed by atoms with Crippen LogP contribution in [0.5, 0.6) is 0 Å². The Morgan fingerprint density at radius 2 is 1.16 bits per heavy atom. The highest BCUT2D eigenvalue weighted by Crippen LogP contribution is 2.45. The predicted octanol–water partition coefficient (Wildman–Crippen LogP) is 10.3. The summed E-state index contributed by atoms with van der Waals surface area (Å²) in [5.41, 5.74) is 6.47. The van der Waals surface area contributed by atoms with Crippen LogP contribution in [0.4, 0.5) is 0 Å². The first-order valence-corrected chi connectivity index (χ1v) is 13.8. The maximum atomic E-state index is 2.51. The van der Waals surface area contributed by atoms with E-state index in [1.807, 2.05) is 0 Å². The molecule has 0 aliphatic heterocycles. The van der Waals surface area contributed by atoms with Crippen molar-refractivity contribution in [2.75, 3.05) is 0 Å². The summed E-state index contributed by atoms with van der Waals surface area (Å²) < 4.78 is 0. The van der Waals surface area contributed by atoms with Crippen LogP contribution in [0.1, 0.15) is 127 Å². The lowest BCUT2D eigenvalue weighted by Gasteiger charge is -2.37. The molecule has 0 N–H and O–H groups in total. The molecule has 0 heteroatoms. The molecule has 0 heterocycles. The van der Waals surface area contributed by atoms with Crippen LogP contribution >= 0.6 is 0 Å². The summed E-state index contributed by atoms with van der Waals surface area (Å²) in [6.45, 7) is 7.17. The highest BCUT2D eigenvalue weighted by molar-refractivity contribution is 5.64. The molecule has 0 spiro atoms. The molecule has 0 unspecified atom stereocenters. The fourth-order valence-corrected chi connectivity index (χ4v) is 6.67. The maximum absolute atomic E-state index is 2.51. The molecule has 32 heavy (non-hydrogen) atoms. The van der Waals surface area contributed by atoms with Gasteiger partial charge in [0.15, 0.2) is 0 Å². The van der Waals surface area contributed by atoms with Gasteiger partial charge < -0.3 is 0 Å². The van der Waals surface area contributed by atoms with E-state index in [0.717, 1.165) is 17.8 Å². The van der Waals surface area contributed by atoms with Gasteiger partial charge in [-0.1, -0.05) is 95.0 Å². The first-order chi connectivity index (χ1) is 15.6. The van der Waals surface area contributed by atoms with Crippen molar-refractivity contribution < 1.29 is 0 Å². The smallest absolute Gasteiger partial charge is 0.0162 e. The Labute approximate surface area is 198 Å². The van der Waals surface area contributed by atoms with E-state index in [-0.39, 0.29) is 0 Å². The third-order valence-electron chi connectivity index (χ3n) is 8.96. The standard InChI is InChI=1S/C32H46/c1-4-6-7-25-8-10-26(11-9-25)27-12-14-28(15-13-27)29-16-18-30(19-17-29)31-20-23-32(3,22-5-2)24-21-31/h12-19,25-26,31H,4-11,20-24H2,1-3H3. The molecule has 2 fully saturated rings. The second-order valence-corrected chi connectivity index (χ2v) is 11.4.